The van der Waals surface area contributed by atoms with E-state index in [1.165, 1.54) is 23.5 Å². The fourth-order valence-corrected chi connectivity index (χ4v) is 4.94. The molecule has 2 aromatic carbocycles. The first-order chi connectivity index (χ1) is 16.7. The molecule has 35 heavy (non-hydrogen) atoms. The smallest absolute Gasteiger partial charge is 0.270 e. The summed E-state index contributed by atoms with van der Waals surface area (Å²) in [5.41, 5.74) is 3.16. The summed E-state index contributed by atoms with van der Waals surface area (Å²) in [6.45, 7) is 8.35. The molecular weight excluding hydrogens is 465 g/mol. The van der Waals surface area contributed by atoms with Crippen molar-refractivity contribution in [3.8, 4) is 5.75 Å². The molecule has 2 amide bonds. The van der Waals surface area contributed by atoms with Crippen molar-refractivity contribution < 1.29 is 18.7 Å². The fourth-order valence-electron chi connectivity index (χ4n) is 4.25. The lowest BCUT2D eigenvalue weighted by Crippen LogP contribution is -2.42. The van der Waals surface area contributed by atoms with E-state index < -0.39 is 0 Å². The zero-order valence-electron chi connectivity index (χ0n) is 20.4. The molecule has 184 valence electrons. The number of halogens is 1. The molecule has 0 saturated carbocycles. The number of hydrogen-bond donors (Lipinski definition) is 1. The SMILES string of the molecule is CC(C)NC(=O)c1csc(COc2ccc3c(c2)[C@@H](c2cccc(F)c2)N(C(=O)C(C)C)CC3)n1. The fraction of sp³-hybridized carbons (Fsp3) is 0.370. The summed E-state index contributed by atoms with van der Waals surface area (Å²) in [6.07, 6.45) is 0.723. The molecule has 1 atom stereocenters. The van der Waals surface area contributed by atoms with Crippen molar-refractivity contribution in [2.45, 2.75) is 52.8 Å². The van der Waals surface area contributed by atoms with Crippen LogP contribution in [0, 0.1) is 11.7 Å². The average molecular weight is 496 g/mol. The van der Waals surface area contributed by atoms with Crippen LogP contribution < -0.4 is 10.1 Å². The number of amides is 2. The molecule has 0 aliphatic carbocycles. The number of benzene rings is 2. The first kappa shape index (κ1) is 24.9. The van der Waals surface area contributed by atoms with Crippen LogP contribution in [0.4, 0.5) is 4.39 Å². The number of nitrogens with zero attached hydrogens (tertiary/aromatic N) is 2. The minimum absolute atomic E-state index is 0.0335. The van der Waals surface area contributed by atoms with Gasteiger partial charge in [-0.2, -0.15) is 0 Å². The van der Waals surface area contributed by atoms with Crippen LogP contribution in [0.5, 0.6) is 5.75 Å². The Hall–Kier alpha value is -3.26. The predicted molar refractivity (Wildman–Crippen MR) is 134 cm³/mol. The third kappa shape index (κ3) is 5.70. The molecule has 1 aliphatic rings. The van der Waals surface area contributed by atoms with Crippen LogP contribution in [0.15, 0.2) is 47.8 Å². The molecule has 1 aliphatic heterocycles. The molecule has 3 aromatic rings. The topological polar surface area (TPSA) is 71.5 Å². The highest BCUT2D eigenvalue weighted by Crippen LogP contribution is 2.38. The van der Waals surface area contributed by atoms with E-state index in [0.29, 0.717) is 23.0 Å². The van der Waals surface area contributed by atoms with Crippen molar-refractivity contribution in [3.63, 3.8) is 0 Å². The second kappa shape index (κ2) is 10.6. The van der Waals surface area contributed by atoms with Crippen molar-refractivity contribution in [2.75, 3.05) is 6.54 Å². The van der Waals surface area contributed by atoms with Gasteiger partial charge in [-0.15, -0.1) is 11.3 Å². The lowest BCUT2D eigenvalue weighted by molar-refractivity contribution is -0.136. The summed E-state index contributed by atoms with van der Waals surface area (Å²) in [4.78, 5) is 31.4. The first-order valence-electron chi connectivity index (χ1n) is 11.8. The number of nitrogens with one attached hydrogen (secondary N) is 1. The second-order valence-electron chi connectivity index (χ2n) is 9.30. The predicted octanol–water partition coefficient (Wildman–Crippen LogP) is 5.13. The molecule has 0 saturated heterocycles. The summed E-state index contributed by atoms with van der Waals surface area (Å²) in [7, 11) is 0. The van der Waals surface area contributed by atoms with Crippen LogP contribution in [-0.2, 0) is 17.8 Å². The van der Waals surface area contributed by atoms with Crippen molar-refractivity contribution in [1.29, 1.82) is 0 Å². The number of fused-ring (bicyclic) bond motifs is 1. The molecule has 0 fully saturated rings. The van der Waals surface area contributed by atoms with E-state index in [9.17, 15) is 14.0 Å². The maximum Gasteiger partial charge on any atom is 0.270 e. The van der Waals surface area contributed by atoms with Crippen molar-refractivity contribution in [3.05, 3.63) is 81.1 Å². The maximum absolute atomic E-state index is 14.1. The van der Waals surface area contributed by atoms with E-state index >= 15 is 0 Å². The van der Waals surface area contributed by atoms with E-state index in [0.717, 1.165) is 23.1 Å². The zero-order valence-corrected chi connectivity index (χ0v) is 21.2. The van der Waals surface area contributed by atoms with Gasteiger partial charge in [0.2, 0.25) is 5.91 Å². The summed E-state index contributed by atoms with van der Waals surface area (Å²) >= 11 is 1.37. The normalized spacial score (nSPS) is 15.3. The Morgan fingerprint density at radius 1 is 1.20 bits per heavy atom. The van der Waals surface area contributed by atoms with Gasteiger partial charge >= 0.3 is 0 Å². The van der Waals surface area contributed by atoms with Gasteiger partial charge in [0, 0.05) is 23.9 Å². The Kier molecular flexibility index (Phi) is 7.50. The summed E-state index contributed by atoms with van der Waals surface area (Å²) in [5, 5.41) is 5.24. The highest BCUT2D eigenvalue weighted by Gasteiger charge is 2.33. The van der Waals surface area contributed by atoms with Crippen molar-refractivity contribution in [1.82, 2.24) is 15.2 Å². The quantitative estimate of drug-likeness (QED) is 0.493. The number of aromatic nitrogens is 1. The Balaban J connectivity index is 1.59. The summed E-state index contributed by atoms with van der Waals surface area (Å²) in [6, 6.07) is 11.9. The van der Waals surface area contributed by atoms with Crippen molar-refractivity contribution >= 4 is 23.2 Å². The first-order valence-corrected chi connectivity index (χ1v) is 12.7. The molecule has 4 rings (SSSR count). The van der Waals surface area contributed by atoms with E-state index in [1.807, 2.05) is 56.9 Å². The number of rotatable bonds is 7. The van der Waals surface area contributed by atoms with Crippen LogP contribution in [0.1, 0.15) is 65.9 Å². The van der Waals surface area contributed by atoms with E-state index in [-0.39, 0.29) is 42.2 Å². The van der Waals surface area contributed by atoms with Gasteiger partial charge in [0.15, 0.2) is 0 Å². The second-order valence-corrected chi connectivity index (χ2v) is 10.2. The minimum atomic E-state index is -0.390. The number of carbonyl (C=O) groups is 2. The average Bonchev–Trinajstić information content (AvgIpc) is 3.30. The lowest BCUT2D eigenvalue weighted by atomic mass is 9.87. The lowest BCUT2D eigenvalue weighted by Gasteiger charge is -2.39. The van der Waals surface area contributed by atoms with E-state index in [2.05, 4.69) is 10.3 Å². The van der Waals surface area contributed by atoms with Gasteiger partial charge in [0.25, 0.3) is 5.91 Å². The standard InChI is InChI=1S/C27H30FN3O3S/c1-16(2)27(33)31-11-10-18-8-9-21(13-22(18)25(31)19-6-5-7-20(28)12-19)34-14-24-30-23(15-35-24)26(32)29-17(3)4/h5-9,12-13,15-17,25H,10-11,14H2,1-4H3,(H,29,32)/t25-/m1/s1. The van der Waals surface area contributed by atoms with E-state index in [4.69, 9.17) is 4.74 Å². The van der Waals surface area contributed by atoms with Crippen LogP contribution in [0.2, 0.25) is 0 Å². The molecule has 1 aromatic heterocycles. The van der Waals surface area contributed by atoms with Gasteiger partial charge in [0.05, 0.1) is 6.04 Å². The van der Waals surface area contributed by atoms with Gasteiger partial charge in [0.1, 0.15) is 28.9 Å². The largest absolute Gasteiger partial charge is 0.486 e. The van der Waals surface area contributed by atoms with Gasteiger partial charge in [-0.1, -0.05) is 32.0 Å². The molecule has 2 heterocycles. The van der Waals surface area contributed by atoms with Crippen LogP contribution in [0.3, 0.4) is 0 Å². The third-order valence-corrected chi connectivity index (χ3v) is 6.68. The number of ether oxygens (including phenoxy) is 1. The molecule has 0 radical (unpaired) electrons. The van der Waals surface area contributed by atoms with Crippen molar-refractivity contribution in [2.24, 2.45) is 5.92 Å². The minimum Gasteiger partial charge on any atom is -0.486 e. The molecule has 0 unspecified atom stereocenters. The molecule has 0 bridgehead atoms. The number of hydrogen-bond acceptors (Lipinski definition) is 5. The molecule has 6 nitrogen and oxygen atoms in total. The molecule has 0 spiro atoms. The van der Waals surface area contributed by atoms with Gasteiger partial charge < -0.3 is 15.0 Å². The van der Waals surface area contributed by atoms with Crippen LogP contribution >= 0.6 is 11.3 Å². The van der Waals surface area contributed by atoms with Crippen LogP contribution in [-0.4, -0.2) is 34.3 Å². The highest BCUT2D eigenvalue weighted by atomic mass is 32.1. The van der Waals surface area contributed by atoms with Crippen LogP contribution in [0.25, 0.3) is 0 Å². The molecule has 1 N–H and O–H groups in total. The maximum atomic E-state index is 14.1. The van der Waals surface area contributed by atoms with Gasteiger partial charge in [-0.3, -0.25) is 9.59 Å². The Morgan fingerprint density at radius 2 is 2.00 bits per heavy atom. The molecular formula is C27H30FN3O3S. The Morgan fingerprint density at radius 3 is 2.71 bits per heavy atom. The Bertz CT molecular complexity index is 1220. The third-order valence-electron chi connectivity index (χ3n) is 5.85. The summed E-state index contributed by atoms with van der Waals surface area (Å²) in [5.74, 6) is -0.0400. The summed E-state index contributed by atoms with van der Waals surface area (Å²) < 4.78 is 20.2. The Labute approximate surface area is 209 Å². The highest BCUT2D eigenvalue weighted by molar-refractivity contribution is 7.09. The molecule has 8 heteroatoms. The number of thiazole rings is 1. The monoisotopic (exact) mass is 495 g/mol. The zero-order chi connectivity index (χ0) is 25.1. The van der Waals surface area contributed by atoms with Gasteiger partial charge in [-0.25, -0.2) is 9.37 Å². The van der Waals surface area contributed by atoms with E-state index in [1.54, 1.807) is 11.4 Å². The number of carbonyl (C=O) groups excluding carboxylic acids is 2. The van der Waals surface area contributed by atoms with Gasteiger partial charge in [-0.05, 0) is 61.2 Å².